The van der Waals surface area contributed by atoms with Gasteiger partial charge in [-0.1, -0.05) is 19.9 Å². The Hall–Kier alpha value is -2.04. The summed E-state index contributed by atoms with van der Waals surface area (Å²) in [7, 11) is 0. The second kappa shape index (κ2) is 4.08. The van der Waals surface area contributed by atoms with Crippen LogP contribution in [0.1, 0.15) is 19.4 Å². The normalized spacial score (nSPS) is 11.6. The average Bonchev–Trinajstić information content (AvgIpc) is 2.65. The summed E-state index contributed by atoms with van der Waals surface area (Å²) in [6.45, 7) is 4.74. The van der Waals surface area contributed by atoms with Crippen LogP contribution >= 0.6 is 0 Å². The van der Waals surface area contributed by atoms with Crippen LogP contribution < -0.4 is 11.1 Å². The number of nitrogen functional groups attached to an aromatic ring is 1. The number of nitrogens with zero attached hydrogens (tertiary/aromatic N) is 1. The van der Waals surface area contributed by atoms with Gasteiger partial charge < -0.3 is 16.0 Å². The number of hydrogen-bond donors (Lipinski definition) is 3. The molecule has 5 heteroatoms. The van der Waals surface area contributed by atoms with Crippen molar-refractivity contribution in [3.63, 3.8) is 0 Å². The van der Waals surface area contributed by atoms with Crippen LogP contribution in [-0.4, -0.2) is 22.9 Å². The van der Waals surface area contributed by atoms with Crippen LogP contribution in [0.3, 0.4) is 0 Å². The number of nitrogens with two attached hydrogens (primary N) is 1. The molecule has 0 aliphatic rings. The van der Waals surface area contributed by atoms with Gasteiger partial charge in [0.1, 0.15) is 0 Å². The van der Waals surface area contributed by atoms with E-state index < -0.39 is 0 Å². The predicted octanol–water partition coefficient (Wildman–Crippen LogP) is 1.17. The molecule has 0 atom stereocenters. The number of nitrogens with one attached hydrogen (secondary N) is 2. The lowest BCUT2D eigenvalue weighted by Crippen LogP contribution is -2.32. The summed E-state index contributed by atoms with van der Waals surface area (Å²) in [5.74, 6) is 0.418. The minimum absolute atomic E-state index is 0.130. The van der Waals surface area contributed by atoms with E-state index in [9.17, 15) is 4.79 Å². The molecule has 0 fully saturated rings. The number of anilines is 1. The lowest BCUT2D eigenvalue weighted by atomic mass is 9.84. The molecule has 1 amide bonds. The Kier molecular flexibility index (Phi) is 2.75. The van der Waals surface area contributed by atoms with Crippen LogP contribution in [0, 0.1) is 0 Å². The molecular formula is C12H16N4O. The van der Waals surface area contributed by atoms with Gasteiger partial charge in [0.05, 0.1) is 11.0 Å². The van der Waals surface area contributed by atoms with E-state index in [1.54, 1.807) is 0 Å². The van der Waals surface area contributed by atoms with Crippen molar-refractivity contribution in [1.29, 1.82) is 0 Å². The van der Waals surface area contributed by atoms with Crippen molar-refractivity contribution in [2.24, 2.45) is 0 Å². The minimum Gasteiger partial charge on any atom is -0.369 e. The first kappa shape index (κ1) is 11.4. The summed E-state index contributed by atoms with van der Waals surface area (Å²) in [5, 5.41) is 2.71. The first-order chi connectivity index (χ1) is 8.03. The molecule has 2 aromatic rings. The predicted molar refractivity (Wildman–Crippen MR) is 67.6 cm³/mol. The van der Waals surface area contributed by atoms with Crippen molar-refractivity contribution in [3.05, 3.63) is 23.8 Å². The molecule has 0 unspecified atom stereocenters. The fraction of sp³-hybridized carbons (Fsp3) is 0.333. The number of aromatic amines is 1. The molecule has 0 aliphatic heterocycles. The lowest BCUT2D eigenvalue weighted by molar-refractivity contribution is -0.109. The molecule has 90 valence electrons. The van der Waals surface area contributed by atoms with E-state index in [1.165, 1.54) is 0 Å². The first-order valence-electron chi connectivity index (χ1n) is 5.46. The SMILES string of the molecule is CC(C)(CNC=O)c1ccc2nc(N)[nH]c2c1. The molecule has 5 nitrogen and oxygen atoms in total. The minimum atomic E-state index is -0.130. The van der Waals surface area contributed by atoms with Gasteiger partial charge >= 0.3 is 0 Å². The summed E-state index contributed by atoms with van der Waals surface area (Å²) < 4.78 is 0. The molecule has 0 saturated heterocycles. The summed E-state index contributed by atoms with van der Waals surface area (Å²) in [6, 6.07) is 5.96. The van der Waals surface area contributed by atoms with Crippen LogP contribution in [0.25, 0.3) is 11.0 Å². The quantitative estimate of drug-likeness (QED) is 0.692. The molecule has 4 N–H and O–H groups in total. The number of imidazole rings is 1. The highest BCUT2D eigenvalue weighted by Gasteiger charge is 2.20. The van der Waals surface area contributed by atoms with Crippen LogP contribution in [0.5, 0.6) is 0 Å². The maximum absolute atomic E-state index is 10.4. The van der Waals surface area contributed by atoms with Gasteiger partial charge in [-0.3, -0.25) is 4.79 Å². The average molecular weight is 232 g/mol. The smallest absolute Gasteiger partial charge is 0.207 e. The molecule has 2 rings (SSSR count). The van der Waals surface area contributed by atoms with Crippen molar-refractivity contribution in [2.45, 2.75) is 19.3 Å². The standard InChI is InChI=1S/C12H16N4O/c1-12(2,6-14-7-17)8-3-4-9-10(5-8)16-11(13)15-9/h3-5,7H,6H2,1-2H3,(H,14,17)(H3,13,15,16). The molecule has 1 aromatic heterocycles. The van der Waals surface area contributed by atoms with Gasteiger partial charge in [-0.15, -0.1) is 0 Å². The van der Waals surface area contributed by atoms with Gasteiger partial charge in [0.2, 0.25) is 6.41 Å². The van der Waals surface area contributed by atoms with Gasteiger partial charge in [-0.25, -0.2) is 4.98 Å². The molecular weight excluding hydrogens is 216 g/mol. The maximum Gasteiger partial charge on any atom is 0.207 e. The van der Waals surface area contributed by atoms with Crippen LogP contribution in [0.4, 0.5) is 5.95 Å². The Morgan fingerprint density at radius 2 is 2.29 bits per heavy atom. The topological polar surface area (TPSA) is 83.8 Å². The number of carbonyl (C=O) groups is 1. The zero-order valence-corrected chi connectivity index (χ0v) is 9.95. The van der Waals surface area contributed by atoms with Crippen LogP contribution in [-0.2, 0) is 10.2 Å². The summed E-state index contributed by atoms with van der Waals surface area (Å²) in [4.78, 5) is 17.5. The van der Waals surface area contributed by atoms with Gasteiger partial charge in [0, 0.05) is 12.0 Å². The third-order valence-corrected chi connectivity index (χ3v) is 2.91. The Balaban J connectivity index is 2.37. The van der Waals surface area contributed by atoms with Gasteiger partial charge in [0.25, 0.3) is 0 Å². The molecule has 0 spiro atoms. The number of aromatic nitrogens is 2. The number of fused-ring (bicyclic) bond motifs is 1. The molecule has 0 aliphatic carbocycles. The number of benzene rings is 1. The fourth-order valence-corrected chi connectivity index (χ4v) is 1.85. The Morgan fingerprint density at radius 3 is 3.00 bits per heavy atom. The Morgan fingerprint density at radius 1 is 1.53 bits per heavy atom. The van der Waals surface area contributed by atoms with E-state index in [0.717, 1.165) is 16.6 Å². The van der Waals surface area contributed by atoms with E-state index in [2.05, 4.69) is 29.1 Å². The molecule has 1 heterocycles. The van der Waals surface area contributed by atoms with E-state index in [-0.39, 0.29) is 5.41 Å². The van der Waals surface area contributed by atoms with E-state index in [4.69, 9.17) is 5.73 Å². The largest absolute Gasteiger partial charge is 0.369 e. The van der Waals surface area contributed by atoms with Gasteiger partial charge in [0.15, 0.2) is 5.95 Å². The number of amides is 1. The van der Waals surface area contributed by atoms with E-state index >= 15 is 0 Å². The zero-order valence-electron chi connectivity index (χ0n) is 9.95. The van der Waals surface area contributed by atoms with Gasteiger partial charge in [-0.05, 0) is 17.7 Å². The maximum atomic E-state index is 10.4. The highest BCUT2D eigenvalue weighted by atomic mass is 16.1. The summed E-state index contributed by atoms with van der Waals surface area (Å²) >= 11 is 0. The summed E-state index contributed by atoms with van der Waals surface area (Å²) in [6.07, 6.45) is 0.717. The summed E-state index contributed by atoms with van der Waals surface area (Å²) in [5.41, 5.74) is 8.37. The number of carbonyl (C=O) groups excluding carboxylic acids is 1. The van der Waals surface area contributed by atoms with Crippen molar-refractivity contribution < 1.29 is 4.79 Å². The van der Waals surface area contributed by atoms with Crippen molar-refractivity contribution >= 4 is 23.4 Å². The number of H-pyrrole nitrogens is 1. The Bertz CT molecular complexity index is 544. The third kappa shape index (κ3) is 2.22. The molecule has 1 aromatic carbocycles. The number of hydrogen-bond acceptors (Lipinski definition) is 3. The second-order valence-electron chi connectivity index (χ2n) is 4.74. The van der Waals surface area contributed by atoms with E-state index in [1.807, 2.05) is 18.2 Å². The lowest BCUT2D eigenvalue weighted by Gasteiger charge is -2.24. The molecule has 0 saturated carbocycles. The van der Waals surface area contributed by atoms with Gasteiger partial charge in [-0.2, -0.15) is 0 Å². The monoisotopic (exact) mass is 232 g/mol. The Labute approximate surface area is 99.4 Å². The third-order valence-electron chi connectivity index (χ3n) is 2.91. The first-order valence-corrected chi connectivity index (χ1v) is 5.46. The zero-order chi connectivity index (χ0) is 12.5. The fourth-order valence-electron chi connectivity index (χ4n) is 1.85. The molecule has 17 heavy (non-hydrogen) atoms. The second-order valence-corrected chi connectivity index (χ2v) is 4.74. The number of rotatable bonds is 4. The van der Waals surface area contributed by atoms with Crippen molar-refractivity contribution in [3.8, 4) is 0 Å². The van der Waals surface area contributed by atoms with Crippen molar-refractivity contribution in [2.75, 3.05) is 12.3 Å². The van der Waals surface area contributed by atoms with E-state index in [0.29, 0.717) is 18.9 Å². The van der Waals surface area contributed by atoms with Crippen LogP contribution in [0.15, 0.2) is 18.2 Å². The highest BCUT2D eigenvalue weighted by Crippen LogP contribution is 2.25. The van der Waals surface area contributed by atoms with Crippen molar-refractivity contribution in [1.82, 2.24) is 15.3 Å². The molecule has 0 radical (unpaired) electrons. The highest BCUT2D eigenvalue weighted by molar-refractivity contribution is 5.78. The van der Waals surface area contributed by atoms with Crippen LogP contribution in [0.2, 0.25) is 0 Å². The molecule has 0 bridgehead atoms.